The molecule has 1 saturated carbocycles. The molecule has 3 heterocycles. The number of pyridine rings is 1. The lowest BCUT2D eigenvalue weighted by Crippen LogP contribution is -2.47. The fourth-order valence-electron chi connectivity index (χ4n) is 5.27. The highest BCUT2D eigenvalue weighted by Gasteiger charge is 2.45. The maximum atomic E-state index is 13.7. The summed E-state index contributed by atoms with van der Waals surface area (Å²) >= 11 is 0. The summed E-state index contributed by atoms with van der Waals surface area (Å²) in [6.45, 7) is 1.19. The van der Waals surface area contributed by atoms with Gasteiger partial charge in [-0.15, -0.1) is 0 Å². The van der Waals surface area contributed by atoms with Crippen molar-refractivity contribution in [1.82, 2.24) is 25.3 Å². The quantitative estimate of drug-likeness (QED) is 0.601. The summed E-state index contributed by atoms with van der Waals surface area (Å²) in [5.74, 6) is 0.201. The zero-order valence-corrected chi connectivity index (χ0v) is 20.0. The van der Waals surface area contributed by atoms with E-state index < -0.39 is 0 Å². The van der Waals surface area contributed by atoms with Crippen molar-refractivity contribution in [3.63, 3.8) is 0 Å². The number of hydrogen-bond acceptors (Lipinski definition) is 7. The van der Waals surface area contributed by atoms with Gasteiger partial charge in [0.2, 0.25) is 17.6 Å². The Morgan fingerprint density at radius 1 is 1.14 bits per heavy atom. The maximum absolute atomic E-state index is 13.7. The number of hydrogen-bond donors (Lipinski definition) is 1. The SMILES string of the molecule is N#Cc1cccc(C(=O)N2CCCCCCNC(=O)[C@@H]3C[C@@H](c4nc(-c5cccnc5)no4)C[C@@H]32)c1. The molecular weight excluding hydrogens is 456 g/mol. The second kappa shape index (κ2) is 10.7. The Kier molecular flexibility index (Phi) is 7.03. The van der Waals surface area contributed by atoms with Crippen molar-refractivity contribution in [1.29, 1.82) is 5.26 Å². The van der Waals surface area contributed by atoms with Crippen LogP contribution in [0.5, 0.6) is 0 Å². The number of fused-ring (bicyclic) bond motifs is 1. The lowest BCUT2D eigenvalue weighted by atomic mass is 9.99. The normalized spacial score (nSPS) is 22.7. The summed E-state index contributed by atoms with van der Waals surface area (Å²) in [5, 5.41) is 16.5. The number of benzene rings is 1. The zero-order valence-electron chi connectivity index (χ0n) is 20.0. The summed E-state index contributed by atoms with van der Waals surface area (Å²) in [6.07, 6.45) is 8.20. The van der Waals surface area contributed by atoms with Crippen LogP contribution < -0.4 is 5.32 Å². The average Bonchev–Trinajstić information content (AvgIpc) is 3.58. The van der Waals surface area contributed by atoms with Crippen LogP contribution in [0.4, 0.5) is 0 Å². The van der Waals surface area contributed by atoms with E-state index in [4.69, 9.17) is 4.52 Å². The number of amides is 2. The van der Waals surface area contributed by atoms with E-state index in [2.05, 4.69) is 26.5 Å². The second-order valence-corrected chi connectivity index (χ2v) is 9.44. The highest BCUT2D eigenvalue weighted by atomic mass is 16.5. The molecule has 0 spiro atoms. The summed E-state index contributed by atoms with van der Waals surface area (Å²) in [6, 6.07) is 12.2. The minimum Gasteiger partial charge on any atom is -0.356 e. The van der Waals surface area contributed by atoms with Gasteiger partial charge < -0.3 is 14.7 Å². The minimum atomic E-state index is -0.384. The van der Waals surface area contributed by atoms with Crippen LogP contribution in [0.3, 0.4) is 0 Å². The van der Waals surface area contributed by atoms with Gasteiger partial charge in [0.25, 0.3) is 5.91 Å². The molecule has 0 radical (unpaired) electrons. The first-order chi connectivity index (χ1) is 17.6. The third-order valence-corrected chi connectivity index (χ3v) is 7.10. The van der Waals surface area contributed by atoms with Crippen LogP contribution in [0, 0.1) is 17.2 Å². The van der Waals surface area contributed by atoms with Gasteiger partial charge in [0.1, 0.15) is 0 Å². The van der Waals surface area contributed by atoms with Crippen molar-refractivity contribution in [2.45, 2.75) is 50.5 Å². The summed E-state index contributed by atoms with van der Waals surface area (Å²) in [5.41, 5.74) is 1.65. The van der Waals surface area contributed by atoms with Gasteiger partial charge in [-0.2, -0.15) is 10.2 Å². The first kappa shape index (κ1) is 23.7. The molecule has 3 aromatic rings. The molecule has 5 rings (SSSR count). The molecule has 184 valence electrons. The van der Waals surface area contributed by atoms with Crippen LogP contribution in [-0.2, 0) is 4.79 Å². The van der Waals surface area contributed by atoms with Gasteiger partial charge in [0.05, 0.1) is 17.6 Å². The number of nitrogens with zero attached hydrogens (tertiary/aromatic N) is 5. The van der Waals surface area contributed by atoms with E-state index in [9.17, 15) is 14.9 Å². The monoisotopic (exact) mass is 484 g/mol. The lowest BCUT2D eigenvalue weighted by molar-refractivity contribution is -0.126. The molecule has 2 fully saturated rings. The molecule has 36 heavy (non-hydrogen) atoms. The lowest BCUT2D eigenvalue weighted by Gasteiger charge is -2.32. The van der Waals surface area contributed by atoms with E-state index in [0.717, 1.165) is 31.2 Å². The Morgan fingerprint density at radius 2 is 2.03 bits per heavy atom. The summed E-state index contributed by atoms with van der Waals surface area (Å²) in [7, 11) is 0. The van der Waals surface area contributed by atoms with Crippen molar-refractivity contribution >= 4 is 11.8 Å². The van der Waals surface area contributed by atoms with Crippen molar-refractivity contribution in [3.05, 3.63) is 65.8 Å². The molecule has 1 aliphatic heterocycles. The number of nitrogens with one attached hydrogen (secondary N) is 1. The van der Waals surface area contributed by atoms with Gasteiger partial charge >= 0.3 is 0 Å². The highest BCUT2D eigenvalue weighted by molar-refractivity contribution is 5.95. The molecule has 0 bridgehead atoms. The molecule has 1 aromatic carbocycles. The van der Waals surface area contributed by atoms with Gasteiger partial charge in [-0.25, -0.2) is 0 Å². The number of aromatic nitrogens is 3. The van der Waals surface area contributed by atoms with Gasteiger partial charge in [-0.3, -0.25) is 14.6 Å². The van der Waals surface area contributed by atoms with E-state index in [-0.39, 0.29) is 29.7 Å². The van der Waals surface area contributed by atoms with Crippen molar-refractivity contribution in [2.24, 2.45) is 5.92 Å². The second-order valence-electron chi connectivity index (χ2n) is 9.44. The van der Waals surface area contributed by atoms with Gasteiger partial charge in [0.15, 0.2) is 0 Å². The average molecular weight is 485 g/mol. The topological polar surface area (TPSA) is 125 Å². The van der Waals surface area contributed by atoms with Crippen LogP contribution in [0.25, 0.3) is 11.4 Å². The molecule has 2 aromatic heterocycles. The standard InChI is InChI=1S/C27H28N6O3/c28-16-18-7-5-8-19(13-18)27(35)33-12-4-2-1-3-11-30-25(34)22-14-21(15-23(22)33)26-31-24(32-36-26)20-9-6-10-29-17-20/h5-10,13,17,21-23H,1-4,11-12,14-15H2,(H,30,34)/t21-,22-,23+/m1/s1. The predicted octanol–water partition coefficient (Wildman–Crippen LogP) is 3.70. The van der Waals surface area contributed by atoms with E-state index >= 15 is 0 Å². The maximum Gasteiger partial charge on any atom is 0.254 e. The first-order valence-corrected chi connectivity index (χ1v) is 12.5. The zero-order chi connectivity index (χ0) is 24.9. The molecular formula is C27H28N6O3. The number of nitriles is 1. The minimum absolute atomic E-state index is 0.0417. The Hall–Kier alpha value is -4.06. The smallest absolute Gasteiger partial charge is 0.254 e. The van der Waals surface area contributed by atoms with Crippen LogP contribution in [0.15, 0.2) is 53.3 Å². The Labute approximate surface area is 209 Å². The summed E-state index contributed by atoms with van der Waals surface area (Å²) in [4.78, 5) is 37.6. The van der Waals surface area contributed by atoms with E-state index in [1.807, 2.05) is 17.0 Å². The van der Waals surface area contributed by atoms with Gasteiger partial charge in [-0.1, -0.05) is 24.1 Å². The van der Waals surface area contributed by atoms with Crippen molar-refractivity contribution in [3.8, 4) is 17.5 Å². The molecule has 3 atom stereocenters. The summed E-state index contributed by atoms with van der Waals surface area (Å²) < 4.78 is 5.63. The van der Waals surface area contributed by atoms with Gasteiger partial charge in [0, 0.05) is 48.6 Å². The molecule has 2 aliphatic rings. The molecule has 9 nitrogen and oxygen atoms in total. The van der Waals surface area contributed by atoms with Crippen LogP contribution in [0.1, 0.15) is 66.3 Å². The number of carbonyl (C=O) groups is 2. The fraction of sp³-hybridized carbons (Fsp3) is 0.407. The molecule has 9 heteroatoms. The molecule has 1 N–H and O–H groups in total. The van der Waals surface area contributed by atoms with E-state index in [0.29, 0.717) is 48.8 Å². The van der Waals surface area contributed by atoms with Crippen molar-refractivity contribution in [2.75, 3.05) is 13.1 Å². The largest absolute Gasteiger partial charge is 0.356 e. The Morgan fingerprint density at radius 3 is 2.86 bits per heavy atom. The van der Waals surface area contributed by atoms with Gasteiger partial charge in [-0.05, 0) is 56.0 Å². The molecule has 0 unspecified atom stereocenters. The number of carbonyl (C=O) groups excluding carboxylic acids is 2. The van der Waals surface area contributed by atoms with E-state index in [1.54, 1.807) is 36.7 Å². The first-order valence-electron chi connectivity index (χ1n) is 12.5. The van der Waals surface area contributed by atoms with Crippen molar-refractivity contribution < 1.29 is 14.1 Å². The molecule has 1 saturated heterocycles. The van der Waals surface area contributed by atoms with Crippen LogP contribution >= 0.6 is 0 Å². The molecule has 1 aliphatic carbocycles. The Balaban J connectivity index is 1.45. The van der Waals surface area contributed by atoms with Crippen LogP contribution in [0.2, 0.25) is 0 Å². The van der Waals surface area contributed by atoms with E-state index in [1.165, 1.54) is 0 Å². The highest BCUT2D eigenvalue weighted by Crippen LogP contribution is 2.42. The third-order valence-electron chi connectivity index (χ3n) is 7.10. The molecule has 2 amide bonds. The fourth-order valence-corrected chi connectivity index (χ4v) is 5.27. The predicted molar refractivity (Wildman–Crippen MR) is 130 cm³/mol. The third kappa shape index (κ3) is 4.98. The number of rotatable bonds is 3. The van der Waals surface area contributed by atoms with Crippen LogP contribution in [-0.4, -0.2) is 51.0 Å². The Bertz CT molecular complexity index is 1270.